The molecule has 30 heavy (non-hydrogen) atoms. The van der Waals surface area contributed by atoms with Crippen LogP contribution in [0.15, 0.2) is 58.0 Å². The monoisotopic (exact) mass is 424 g/mol. The van der Waals surface area contributed by atoms with Crippen LogP contribution in [0.4, 0.5) is 5.69 Å². The van der Waals surface area contributed by atoms with E-state index in [9.17, 15) is 8.42 Å². The molecule has 154 valence electrons. The van der Waals surface area contributed by atoms with E-state index in [2.05, 4.69) is 19.7 Å². The number of aryl methyl sites for hydroxylation is 1. The number of benzene rings is 2. The Morgan fingerprint density at radius 3 is 2.67 bits per heavy atom. The number of anilines is 1. The molecule has 2 aromatic heterocycles. The van der Waals surface area contributed by atoms with E-state index in [-0.39, 0.29) is 11.0 Å². The number of nitrogens with one attached hydrogen (secondary N) is 2. The predicted octanol–water partition coefficient (Wildman–Crippen LogP) is 4.18. The summed E-state index contributed by atoms with van der Waals surface area (Å²) in [6.07, 6.45) is 3.47. The van der Waals surface area contributed by atoms with Gasteiger partial charge in [-0.05, 0) is 43.2 Å². The zero-order chi connectivity index (χ0) is 20.7. The van der Waals surface area contributed by atoms with E-state index in [1.54, 1.807) is 55.7 Å². The highest BCUT2D eigenvalue weighted by Crippen LogP contribution is 2.29. The molecule has 0 aliphatic carbocycles. The summed E-state index contributed by atoms with van der Waals surface area (Å²) in [5, 5.41) is 0. The lowest BCUT2D eigenvalue weighted by Gasteiger charge is -2.08. The van der Waals surface area contributed by atoms with E-state index in [4.69, 9.17) is 9.15 Å². The quantitative estimate of drug-likeness (QED) is 0.497. The number of ether oxygens (including phenoxy) is 1. The zero-order valence-corrected chi connectivity index (χ0v) is 17.1. The van der Waals surface area contributed by atoms with Crippen molar-refractivity contribution in [1.82, 2.24) is 15.0 Å². The molecule has 1 fully saturated rings. The minimum atomic E-state index is -3.74. The summed E-state index contributed by atoms with van der Waals surface area (Å²) in [4.78, 5) is 12.2. The first-order valence-corrected chi connectivity index (χ1v) is 11.1. The van der Waals surface area contributed by atoms with Gasteiger partial charge in [-0.1, -0.05) is 12.1 Å². The standard InChI is InChI=1S/C21H20N4O4S/c1-13-22-19(12-29-13)14-4-7-16(8-5-14)30(26,27)25-15-6-9-17-18(11-15)24-21(23-17)20-3-2-10-28-20/h4-9,11-12,20,25H,2-3,10H2,1H3,(H,23,24). The molecular formula is C21H20N4O4S. The Morgan fingerprint density at radius 1 is 1.13 bits per heavy atom. The molecule has 1 aliphatic heterocycles. The molecule has 0 amide bonds. The van der Waals surface area contributed by atoms with Crippen LogP contribution in [-0.2, 0) is 14.8 Å². The number of H-pyrrole nitrogens is 1. The normalized spacial score (nSPS) is 16.9. The van der Waals surface area contributed by atoms with Crippen LogP contribution in [0.2, 0.25) is 0 Å². The number of aromatic amines is 1. The summed E-state index contributed by atoms with van der Waals surface area (Å²) in [6, 6.07) is 11.7. The predicted molar refractivity (Wildman–Crippen MR) is 112 cm³/mol. The lowest BCUT2D eigenvalue weighted by atomic mass is 10.2. The van der Waals surface area contributed by atoms with Gasteiger partial charge in [0.25, 0.3) is 10.0 Å². The summed E-state index contributed by atoms with van der Waals surface area (Å²) in [5.74, 6) is 1.33. The molecule has 0 bridgehead atoms. The Balaban J connectivity index is 1.37. The first kappa shape index (κ1) is 18.8. The fourth-order valence-electron chi connectivity index (χ4n) is 3.55. The van der Waals surface area contributed by atoms with Gasteiger partial charge < -0.3 is 14.1 Å². The second-order valence-corrected chi connectivity index (χ2v) is 8.92. The van der Waals surface area contributed by atoms with Crippen molar-refractivity contribution < 1.29 is 17.6 Å². The first-order valence-electron chi connectivity index (χ1n) is 9.65. The minimum absolute atomic E-state index is 0.0236. The van der Waals surface area contributed by atoms with Crippen molar-refractivity contribution >= 4 is 26.7 Å². The number of sulfonamides is 1. The number of rotatable bonds is 5. The van der Waals surface area contributed by atoms with Crippen LogP contribution >= 0.6 is 0 Å². The average molecular weight is 424 g/mol. The summed E-state index contributed by atoms with van der Waals surface area (Å²) >= 11 is 0. The third kappa shape index (κ3) is 3.57. The summed E-state index contributed by atoms with van der Waals surface area (Å²) in [7, 11) is -3.74. The molecule has 0 saturated carbocycles. The van der Waals surface area contributed by atoms with E-state index in [1.807, 2.05) is 0 Å². The topological polar surface area (TPSA) is 110 Å². The molecule has 1 aliphatic rings. The minimum Gasteiger partial charge on any atom is -0.449 e. The van der Waals surface area contributed by atoms with Crippen molar-refractivity contribution in [3.05, 3.63) is 60.4 Å². The number of oxazole rings is 1. The van der Waals surface area contributed by atoms with Crippen LogP contribution < -0.4 is 4.72 Å². The van der Waals surface area contributed by atoms with Crippen LogP contribution in [0.25, 0.3) is 22.3 Å². The van der Waals surface area contributed by atoms with Crippen molar-refractivity contribution in [2.24, 2.45) is 0 Å². The Bertz CT molecular complexity index is 1300. The van der Waals surface area contributed by atoms with E-state index >= 15 is 0 Å². The molecule has 1 unspecified atom stereocenters. The van der Waals surface area contributed by atoms with Gasteiger partial charge in [0.2, 0.25) is 0 Å². The van der Waals surface area contributed by atoms with Crippen LogP contribution in [-0.4, -0.2) is 30.0 Å². The lowest BCUT2D eigenvalue weighted by Crippen LogP contribution is -2.12. The molecule has 5 rings (SSSR count). The second kappa shape index (κ2) is 7.26. The number of imidazole rings is 1. The molecule has 0 spiro atoms. The number of hydrogen-bond acceptors (Lipinski definition) is 6. The van der Waals surface area contributed by atoms with Crippen LogP contribution in [0.5, 0.6) is 0 Å². The summed E-state index contributed by atoms with van der Waals surface area (Å²) in [6.45, 7) is 2.49. The maximum atomic E-state index is 12.8. The number of nitrogens with zero attached hydrogens (tertiary/aromatic N) is 2. The Morgan fingerprint density at radius 2 is 1.97 bits per heavy atom. The molecule has 1 atom stereocenters. The van der Waals surface area contributed by atoms with Gasteiger partial charge in [-0.3, -0.25) is 4.72 Å². The van der Waals surface area contributed by atoms with Crippen molar-refractivity contribution in [3.8, 4) is 11.3 Å². The Labute approximate surface area is 173 Å². The van der Waals surface area contributed by atoms with Crippen molar-refractivity contribution in [2.45, 2.75) is 30.8 Å². The van der Waals surface area contributed by atoms with Crippen LogP contribution in [0.1, 0.15) is 30.7 Å². The average Bonchev–Trinajstić information content (AvgIpc) is 3.48. The van der Waals surface area contributed by atoms with Gasteiger partial charge in [0.05, 0.1) is 21.6 Å². The number of hydrogen-bond donors (Lipinski definition) is 2. The fourth-order valence-corrected chi connectivity index (χ4v) is 4.60. The molecule has 1 saturated heterocycles. The second-order valence-electron chi connectivity index (χ2n) is 7.24. The van der Waals surface area contributed by atoms with Crippen LogP contribution in [0.3, 0.4) is 0 Å². The highest BCUT2D eigenvalue weighted by atomic mass is 32.2. The summed E-state index contributed by atoms with van der Waals surface area (Å²) in [5.41, 5.74) is 3.44. The molecule has 0 radical (unpaired) electrons. The molecule has 9 heteroatoms. The smallest absolute Gasteiger partial charge is 0.261 e. The van der Waals surface area contributed by atoms with Crippen molar-refractivity contribution in [1.29, 1.82) is 0 Å². The van der Waals surface area contributed by atoms with Gasteiger partial charge >= 0.3 is 0 Å². The Kier molecular flexibility index (Phi) is 4.56. The van der Waals surface area contributed by atoms with E-state index in [0.717, 1.165) is 41.9 Å². The van der Waals surface area contributed by atoms with E-state index < -0.39 is 10.0 Å². The van der Waals surface area contributed by atoms with Gasteiger partial charge in [-0.25, -0.2) is 18.4 Å². The van der Waals surface area contributed by atoms with E-state index in [1.165, 1.54) is 0 Å². The highest BCUT2D eigenvalue weighted by molar-refractivity contribution is 7.92. The van der Waals surface area contributed by atoms with Gasteiger partial charge in [-0.2, -0.15) is 0 Å². The maximum Gasteiger partial charge on any atom is 0.261 e. The first-order chi connectivity index (χ1) is 14.5. The van der Waals surface area contributed by atoms with Crippen molar-refractivity contribution in [3.63, 3.8) is 0 Å². The zero-order valence-electron chi connectivity index (χ0n) is 16.3. The molecule has 4 aromatic rings. The number of fused-ring (bicyclic) bond motifs is 1. The molecular weight excluding hydrogens is 404 g/mol. The van der Waals surface area contributed by atoms with Gasteiger partial charge in [0.15, 0.2) is 5.89 Å². The van der Waals surface area contributed by atoms with Crippen molar-refractivity contribution in [2.75, 3.05) is 11.3 Å². The van der Waals surface area contributed by atoms with E-state index in [0.29, 0.717) is 17.3 Å². The molecule has 3 heterocycles. The Hall–Kier alpha value is -3.17. The molecule has 2 aromatic carbocycles. The molecule has 8 nitrogen and oxygen atoms in total. The number of aromatic nitrogens is 3. The van der Waals surface area contributed by atoms with Gasteiger partial charge in [0, 0.05) is 19.1 Å². The van der Waals surface area contributed by atoms with Gasteiger partial charge in [0.1, 0.15) is 23.9 Å². The lowest BCUT2D eigenvalue weighted by molar-refractivity contribution is 0.106. The van der Waals surface area contributed by atoms with Gasteiger partial charge in [-0.15, -0.1) is 0 Å². The van der Waals surface area contributed by atoms with Crippen LogP contribution in [0, 0.1) is 6.92 Å². The maximum absolute atomic E-state index is 12.8. The largest absolute Gasteiger partial charge is 0.449 e. The third-order valence-electron chi connectivity index (χ3n) is 5.07. The SMILES string of the molecule is Cc1nc(-c2ccc(S(=O)(=O)Nc3ccc4nc(C5CCCO5)[nH]c4c3)cc2)co1. The third-order valence-corrected chi connectivity index (χ3v) is 6.46. The highest BCUT2D eigenvalue weighted by Gasteiger charge is 2.21. The summed E-state index contributed by atoms with van der Waals surface area (Å²) < 4.78 is 39.1. The fraction of sp³-hybridized carbons (Fsp3) is 0.238. The molecule has 2 N–H and O–H groups in total.